The molecule has 0 atom stereocenters. The summed E-state index contributed by atoms with van der Waals surface area (Å²) in [5.74, 6) is 2.35. The zero-order valence-corrected chi connectivity index (χ0v) is 27.9. The Hall–Kier alpha value is -0.710. The third-order valence-electron chi connectivity index (χ3n) is 8.13. The molecule has 0 aliphatic heterocycles. The number of nitrogens with zero attached hydrogens (tertiary/aromatic N) is 1. The lowest BCUT2D eigenvalue weighted by molar-refractivity contribution is -0.137. The minimum absolute atomic E-state index is 0.305. The molecular formula is C35H69NO3S. The molecule has 0 aromatic heterocycles. The van der Waals surface area contributed by atoms with Crippen molar-refractivity contribution in [2.45, 2.75) is 187 Å². The third-order valence-corrected chi connectivity index (χ3v) is 9.29. The summed E-state index contributed by atoms with van der Waals surface area (Å²) < 4.78 is 0. The number of aliphatic carboxylic acids is 1. The molecule has 4 nitrogen and oxygen atoms in total. The monoisotopic (exact) mass is 583 g/mol. The predicted octanol–water partition coefficient (Wildman–Crippen LogP) is 11.2. The predicted molar refractivity (Wildman–Crippen MR) is 178 cm³/mol. The number of carboxylic acid groups (broad SMARTS) is 1. The molecule has 0 bridgehead atoms. The molecule has 0 rings (SSSR count). The van der Waals surface area contributed by atoms with Crippen LogP contribution in [0.15, 0.2) is 0 Å². The fourth-order valence-electron chi connectivity index (χ4n) is 5.34. The number of hydrogen-bond acceptors (Lipinski definition) is 3. The summed E-state index contributed by atoms with van der Waals surface area (Å²) >= 11 is 2.17. The highest BCUT2D eigenvalue weighted by molar-refractivity contribution is 7.99. The van der Waals surface area contributed by atoms with E-state index in [1.165, 1.54) is 146 Å². The number of carbonyl (C=O) groups excluding carboxylic acids is 1. The Morgan fingerprint density at radius 1 is 0.500 bits per heavy atom. The van der Waals surface area contributed by atoms with Crippen LogP contribution in [0.25, 0.3) is 0 Å². The van der Waals surface area contributed by atoms with E-state index >= 15 is 0 Å². The first-order chi connectivity index (χ1) is 19.6. The molecule has 40 heavy (non-hydrogen) atoms. The second-order valence-corrected chi connectivity index (χ2v) is 13.4. The van der Waals surface area contributed by atoms with Gasteiger partial charge in [-0.15, -0.1) is 0 Å². The second kappa shape index (κ2) is 32.8. The average Bonchev–Trinajstić information content (AvgIpc) is 2.94. The van der Waals surface area contributed by atoms with E-state index in [0.717, 1.165) is 38.6 Å². The molecule has 0 fully saturated rings. The number of hydrogen-bond donors (Lipinski definition) is 1. The van der Waals surface area contributed by atoms with E-state index in [9.17, 15) is 9.59 Å². The maximum Gasteiger partial charge on any atom is 0.303 e. The van der Waals surface area contributed by atoms with Crippen molar-refractivity contribution in [3.05, 3.63) is 0 Å². The van der Waals surface area contributed by atoms with E-state index in [0.29, 0.717) is 18.7 Å². The first-order valence-electron chi connectivity index (χ1n) is 17.6. The van der Waals surface area contributed by atoms with Gasteiger partial charge >= 0.3 is 5.97 Å². The van der Waals surface area contributed by atoms with Gasteiger partial charge in [0.2, 0.25) is 5.91 Å². The van der Waals surface area contributed by atoms with Crippen molar-refractivity contribution in [2.75, 3.05) is 25.1 Å². The van der Waals surface area contributed by atoms with Gasteiger partial charge in [0.25, 0.3) is 0 Å². The first-order valence-corrected chi connectivity index (χ1v) is 18.8. The molecule has 0 aliphatic carbocycles. The van der Waals surface area contributed by atoms with E-state index in [4.69, 9.17) is 5.11 Å². The Kier molecular flexibility index (Phi) is 32.2. The van der Waals surface area contributed by atoms with Crippen LogP contribution in [0.5, 0.6) is 0 Å². The standard InChI is InChI=1S/C35H69NO3S/c1-3-4-5-6-7-8-12-17-22-27-32-40-33-28-23-18-13-10-14-19-24-29-34(37)36(2)31-26-21-16-11-9-15-20-25-30-35(38)39/h3-33H2,1-2H3,(H,38,39). The highest BCUT2D eigenvalue weighted by Gasteiger charge is 2.07. The largest absolute Gasteiger partial charge is 0.481 e. The SMILES string of the molecule is CCCCCCCCCCCCSCCCCCCCCCCC(=O)N(C)CCCCCCCCCCC(=O)O. The summed E-state index contributed by atoms with van der Waals surface area (Å²) in [4.78, 5) is 24.8. The quantitative estimate of drug-likeness (QED) is 0.0781. The van der Waals surface area contributed by atoms with Crippen LogP contribution in [0.1, 0.15) is 187 Å². The molecule has 0 heterocycles. The van der Waals surface area contributed by atoms with Gasteiger partial charge in [-0.1, -0.05) is 142 Å². The van der Waals surface area contributed by atoms with Crippen molar-refractivity contribution in [1.29, 1.82) is 0 Å². The fourth-order valence-corrected chi connectivity index (χ4v) is 6.36. The Morgan fingerprint density at radius 2 is 0.850 bits per heavy atom. The molecule has 0 saturated heterocycles. The summed E-state index contributed by atoms with van der Waals surface area (Å²) in [5, 5.41) is 8.64. The van der Waals surface area contributed by atoms with Crippen molar-refractivity contribution in [3.8, 4) is 0 Å². The normalized spacial score (nSPS) is 11.2. The summed E-state index contributed by atoms with van der Waals surface area (Å²) in [7, 11) is 1.96. The smallest absolute Gasteiger partial charge is 0.303 e. The lowest BCUT2D eigenvalue weighted by Crippen LogP contribution is -2.27. The van der Waals surface area contributed by atoms with Gasteiger partial charge in [0, 0.05) is 26.4 Å². The van der Waals surface area contributed by atoms with Crippen LogP contribution < -0.4 is 0 Å². The Bertz CT molecular complexity index is 543. The van der Waals surface area contributed by atoms with E-state index in [-0.39, 0.29) is 0 Å². The van der Waals surface area contributed by atoms with Gasteiger partial charge in [-0.25, -0.2) is 0 Å². The van der Waals surface area contributed by atoms with E-state index in [2.05, 4.69) is 18.7 Å². The van der Waals surface area contributed by atoms with E-state index in [1.807, 2.05) is 11.9 Å². The van der Waals surface area contributed by atoms with Crippen LogP contribution >= 0.6 is 11.8 Å². The van der Waals surface area contributed by atoms with Crippen molar-refractivity contribution in [3.63, 3.8) is 0 Å². The van der Waals surface area contributed by atoms with Crippen LogP contribution in [-0.2, 0) is 9.59 Å². The molecule has 5 heteroatoms. The van der Waals surface area contributed by atoms with Crippen LogP contribution in [0.4, 0.5) is 0 Å². The van der Waals surface area contributed by atoms with Gasteiger partial charge < -0.3 is 10.0 Å². The molecule has 1 amide bonds. The minimum Gasteiger partial charge on any atom is -0.481 e. The molecule has 238 valence electrons. The molecular weight excluding hydrogens is 514 g/mol. The lowest BCUT2D eigenvalue weighted by Gasteiger charge is -2.17. The van der Waals surface area contributed by atoms with Gasteiger partial charge in [0.1, 0.15) is 0 Å². The second-order valence-electron chi connectivity index (χ2n) is 12.2. The summed E-state index contributed by atoms with van der Waals surface area (Å²) in [6.07, 6.45) is 34.6. The number of rotatable bonds is 33. The molecule has 0 radical (unpaired) electrons. The molecule has 0 spiro atoms. The third kappa shape index (κ3) is 31.8. The number of amides is 1. The molecule has 0 unspecified atom stereocenters. The summed E-state index contributed by atoms with van der Waals surface area (Å²) in [6.45, 7) is 3.17. The molecule has 1 N–H and O–H groups in total. The fraction of sp³-hybridized carbons (Fsp3) is 0.943. The van der Waals surface area contributed by atoms with Crippen LogP contribution in [0, 0.1) is 0 Å². The van der Waals surface area contributed by atoms with Crippen molar-refractivity contribution >= 4 is 23.6 Å². The molecule has 0 aromatic rings. The minimum atomic E-state index is -0.682. The van der Waals surface area contributed by atoms with E-state index in [1.54, 1.807) is 0 Å². The van der Waals surface area contributed by atoms with E-state index < -0.39 is 5.97 Å². The van der Waals surface area contributed by atoms with Crippen LogP contribution in [0.3, 0.4) is 0 Å². The number of carbonyl (C=O) groups is 2. The summed E-state index contributed by atoms with van der Waals surface area (Å²) in [5.41, 5.74) is 0. The Balaban J connectivity index is 3.25. The Labute approximate surface area is 254 Å². The molecule has 0 saturated carbocycles. The lowest BCUT2D eigenvalue weighted by atomic mass is 10.1. The number of thioether (sulfide) groups is 1. The van der Waals surface area contributed by atoms with Gasteiger partial charge in [0.15, 0.2) is 0 Å². The average molecular weight is 584 g/mol. The van der Waals surface area contributed by atoms with Crippen molar-refractivity contribution in [2.24, 2.45) is 0 Å². The van der Waals surface area contributed by atoms with Crippen LogP contribution in [-0.4, -0.2) is 47.0 Å². The van der Waals surface area contributed by atoms with Crippen molar-refractivity contribution in [1.82, 2.24) is 4.90 Å². The van der Waals surface area contributed by atoms with Crippen LogP contribution in [0.2, 0.25) is 0 Å². The number of carboxylic acids is 1. The first kappa shape index (κ1) is 39.3. The van der Waals surface area contributed by atoms with Gasteiger partial charge in [-0.3, -0.25) is 9.59 Å². The molecule has 0 aliphatic rings. The summed E-state index contributed by atoms with van der Waals surface area (Å²) in [6, 6.07) is 0. The Morgan fingerprint density at radius 3 is 1.27 bits per heavy atom. The number of unbranched alkanes of at least 4 members (excludes halogenated alkanes) is 23. The van der Waals surface area contributed by atoms with Gasteiger partial charge in [-0.05, 0) is 43.6 Å². The van der Waals surface area contributed by atoms with Gasteiger partial charge in [-0.2, -0.15) is 11.8 Å². The maximum absolute atomic E-state index is 12.3. The van der Waals surface area contributed by atoms with Crippen molar-refractivity contribution < 1.29 is 14.7 Å². The maximum atomic E-state index is 12.3. The highest BCUT2D eigenvalue weighted by atomic mass is 32.2. The zero-order chi connectivity index (χ0) is 29.4. The zero-order valence-electron chi connectivity index (χ0n) is 27.0. The highest BCUT2D eigenvalue weighted by Crippen LogP contribution is 2.15. The van der Waals surface area contributed by atoms with Gasteiger partial charge in [0.05, 0.1) is 0 Å². The topological polar surface area (TPSA) is 57.6 Å². The molecule has 0 aromatic carbocycles.